The lowest BCUT2D eigenvalue weighted by molar-refractivity contribution is 0.199. The van der Waals surface area contributed by atoms with Gasteiger partial charge in [-0.25, -0.2) is 27.0 Å². The van der Waals surface area contributed by atoms with Crippen LogP contribution in [0.1, 0.15) is 18.4 Å². The standard InChI is InChI=1S/C31H31F2N5O4S.ClH/c1-43(40,41)36-24-9-11-27(12-10-24)42-30-14-7-22(20-34-30)21-37-17-15-26(16-18-37)38(25-5-3-2-4-6-25)31(39)35-29-13-8-23(32)19-28(29)33;/h2-14,19-20,26,36H,15-18,21H2,1H3,(H,35,39);1H. The van der Waals surface area contributed by atoms with Crippen molar-refractivity contribution in [3.63, 3.8) is 0 Å². The number of amides is 2. The zero-order chi connectivity index (χ0) is 30.4. The van der Waals surface area contributed by atoms with Crippen LogP contribution in [0.3, 0.4) is 0 Å². The SMILES string of the molecule is CS(=O)(=O)Nc1ccc(Oc2ccc(CN3CCC(N(C(=O)Nc4ccc(F)cc4F)c4ccccc4)CC3)cn2)cc1.Cl. The van der Waals surface area contributed by atoms with Crippen molar-refractivity contribution in [3.05, 3.63) is 108 Å². The van der Waals surface area contributed by atoms with Crippen molar-refractivity contribution in [2.45, 2.75) is 25.4 Å². The fourth-order valence-electron chi connectivity index (χ4n) is 4.93. The van der Waals surface area contributed by atoms with Gasteiger partial charge in [-0.3, -0.25) is 14.5 Å². The van der Waals surface area contributed by atoms with E-state index in [9.17, 15) is 22.0 Å². The molecule has 44 heavy (non-hydrogen) atoms. The van der Waals surface area contributed by atoms with Crippen LogP contribution >= 0.6 is 12.4 Å². The maximum atomic E-state index is 14.3. The molecule has 3 aromatic carbocycles. The minimum Gasteiger partial charge on any atom is -0.439 e. The Balaban J connectivity index is 0.00000442. The van der Waals surface area contributed by atoms with Gasteiger partial charge < -0.3 is 10.1 Å². The number of para-hydroxylation sites is 1. The summed E-state index contributed by atoms with van der Waals surface area (Å²) in [5.41, 5.74) is 2.06. The Bertz CT molecular complexity index is 1660. The summed E-state index contributed by atoms with van der Waals surface area (Å²) < 4.78 is 58.5. The molecule has 2 amide bonds. The number of rotatable bonds is 9. The summed E-state index contributed by atoms with van der Waals surface area (Å²) in [4.78, 5) is 21.7. The van der Waals surface area contributed by atoms with Crippen LogP contribution in [0.2, 0.25) is 0 Å². The zero-order valence-corrected chi connectivity index (χ0v) is 25.5. The number of aromatic nitrogens is 1. The van der Waals surface area contributed by atoms with Gasteiger partial charge in [0.05, 0.1) is 11.9 Å². The Labute approximate surface area is 261 Å². The van der Waals surface area contributed by atoms with E-state index in [4.69, 9.17) is 4.74 Å². The van der Waals surface area contributed by atoms with E-state index in [1.165, 1.54) is 6.07 Å². The van der Waals surface area contributed by atoms with E-state index < -0.39 is 27.7 Å². The Morgan fingerprint density at radius 3 is 2.32 bits per heavy atom. The number of nitrogens with zero attached hydrogens (tertiary/aromatic N) is 3. The molecule has 5 rings (SSSR count). The van der Waals surface area contributed by atoms with Crippen molar-refractivity contribution >= 4 is 45.5 Å². The van der Waals surface area contributed by atoms with Gasteiger partial charge in [0.2, 0.25) is 15.9 Å². The molecule has 2 heterocycles. The van der Waals surface area contributed by atoms with Crippen molar-refractivity contribution in [2.75, 3.05) is 34.3 Å². The number of likely N-dealkylation sites (tertiary alicyclic amines) is 1. The van der Waals surface area contributed by atoms with Crippen LogP contribution in [0.25, 0.3) is 0 Å². The first-order chi connectivity index (χ1) is 20.6. The molecule has 0 aliphatic carbocycles. The molecule has 0 spiro atoms. The van der Waals surface area contributed by atoms with Crippen LogP contribution in [0, 0.1) is 11.6 Å². The van der Waals surface area contributed by atoms with Crippen LogP contribution in [0.4, 0.5) is 30.6 Å². The quantitative estimate of drug-likeness (QED) is 0.212. The molecule has 2 N–H and O–H groups in total. The number of urea groups is 1. The Morgan fingerprint density at radius 2 is 1.70 bits per heavy atom. The van der Waals surface area contributed by atoms with Gasteiger partial charge in [0.1, 0.15) is 17.4 Å². The highest BCUT2D eigenvalue weighted by Gasteiger charge is 2.30. The third kappa shape index (κ3) is 8.88. The van der Waals surface area contributed by atoms with Gasteiger partial charge in [0.15, 0.2) is 0 Å². The van der Waals surface area contributed by atoms with Gasteiger partial charge in [-0.05, 0) is 66.9 Å². The third-order valence-corrected chi connectivity index (χ3v) is 7.54. The first-order valence-corrected chi connectivity index (χ1v) is 15.6. The maximum Gasteiger partial charge on any atom is 0.326 e. The predicted octanol–water partition coefficient (Wildman–Crippen LogP) is 6.65. The normalized spacial score (nSPS) is 13.9. The molecule has 1 aliphatic rings. The highest BCUT2D eigenvalue weighted by molar-refractivity contribution is 7.92. The number of benzene rings is 3. The van der Waals surface area contributed by atoms with Gasteiger partial charge in [-0.2, -0.15) is 0 Å². The monoisotopic (exact) mass is 643 g/mol. The summed E-state index contributed by atoms with van der Waals surface area (Å²) in [7, 11) is -3.35. The summed E-state index contributed by atoms with van der Waals surface area (Å²) >= 11 is 0. The largest absolute Gasteiger partial charge is 0.439 e. The average molecular weight is 644 g/mol. The number of sulfonamides is 1. The van der Waals surface area contributed by atoms with E-state index in [0.29, 0.717) is 42.4 Å². The van der Waals surface area contributed by atoms with E-state index in [0.717, 1.165) is 37.0 Å². The molecular weight excluding hydrogens is 612 g/mol. The lowest BCUT2D eigenvalue weighted by Gasteiger charge is -2.38. The summed E-state index contributed by atoms with van der Waals surface area (Å²) in [6, 6.07) is 21.9. The number of halogens is 3. The Morgan fingerprint density at radius 1 is 1.00 bits per heavy atom. The third-order valence-electron chi connectivity index (χ3n) is 6.93. The first kappa shape index (κ1) is 32.6. The topological polar surface area (TPSA) is 104 Å². The van der Waals surface area contributed by atoms with Crippen LogP contribution in [0.5, 0.6) is 11.6 Å². The van der Waals surface area contributed by atoms with Crippen LogP contribution in [-0.4, -0.2) is 49.7 Å². The van der Waals surface area contributed by atoms with E-state index >= 15 is 0 Å². The molecule has 9 nitrogen and oxygen atoms in total. The molecule has 0 saturated carbocycles. The minimum absolute atomic E-state index is 0. The summed E-state index contributed by atoms with van der Waals surface area (Å²) in [6.45, 7) is 2.14. The molecule has 1 saturated heterocycles. The number of ether oxygens (including phenoxy) is 1. The summed E-state index contributed by atoms with van der Waals surface area (Å²) in [5.74, 6) is -0.610. The van der Waals surface area contributed by atoms with Gasteiger partial charge in [-0.1, -0.05) is 24.3 Å². The molecule has 1 fully saturated rings. The minimum atomic E-state index is -3.35. The van der Waals surface area contributed by atoms with E-state index in [1.807, 2.05) is 36.4 Å². The number of carbonyl (C=O) groups is 1. The molecule has 0 unspecified atom stereocenters. The van der Waals surface area contributed by atoms with E-state index in [-0.39, 0.29) is 24.1 Å². The van der Waals surface area contributed by atoms with Crippen molar-refractivity contribution in [3.8, 4) is 11.6 Å². The summed E-state index contributed by atoms with van der Waals surface area (Å²) in [5, 5.41) is 2.60. The molecule has 232 valence electrons. The fraction of sp³-hybridized carbons (Fsp3) is 0.226. The molecular formula is C31H32ClF2N5O4S. The Kier molecular flexibility index (Phi) is 10.7. The molecule has 0 bridgehead atoms. The lowest BCUT2D eigenvalue weighted by Crippen LogP contribution is -2.49. The fourth-order valence-corrected chi connectivity index (χ4v) is 5.50. The number of hydrogen-bond donors (Lipinski definition) is 2. The van der Waals surface area contributed by atoms with Crippen LogP contribution in [0.15, 0.2) is 91.1 Å². The number of anilines is 3. The van der Waals surface area contributed by atoms with Crippen molar-refractivity contribution in [1.29, 1.82) is 0 Å². The van der Waals surface area contributed by atoms with Gasteiger partial charge in [0.25, 0.3) is 0 Å². The number of nitrogens with one attached hydrogen (secondary N) is 2. The van der Waals surface area contributed by atoms with Crippen molar-refractivity contribution in [2.24, 2.45) is 0 Å². The van der Waals surface area contributed by atoms with Crippen LogP contribution < -0.4 is 19.7 Å². The molecule has 4 aromatic rings. The Hall–Kier alpha value is -4.26. The zero-order valence-electron chi connectivity index (χ0n) is 23.8. The second-order valence-corrected chi connectivity index (χ2v) is 12.0. The maximum absolute atomic E-state index is 14.3. The molecule has 0 radical (unpaired) electrons. The van der Waals surface area contributed by atoms with E-state index in [2.05, 4.69) is 19.9 Å². The molecule has 1 aromatic heterocycles. The predicted molar refractivity (Wildman–Crippen MR) is 169 cm³/mol. The van der Waals surface area contributed by atoms with Crippen molar-refractivity contribution in [1.82, 2.24) is 9.88 Å². The van der Waals surface area contributed by atoms with Crippen molar-refractivity contribution < 1.29 is 26.7 Å². The van der Waals surface area contributed by atoms with Gasteiger partial charge in [0, 0.05) is 55.4 Å². The summed E-state index contributed by atoms with van der Waals surface area (Å²) in [6.07, 6.45) is 4.24. The average Bonchev–Trinajstić information content (AvgIpc) is 2.97. The number of hydrogen-bond acceptors (Lipinski definition) is 6. The van der Waals surface area contributed by atoms with Gasteiger partial charge >= 0.3 is 6.03 Å². The van der Waals surface area contributed by atoms with E-state index in [1.54, 1.807) is 41.4 Å². The highest BCUT2D eigenvalue weighted by atomic mass is 35.5. The van der Waals surface area contributed by atoms with Crippen LogP contribution in [-0.2, 0) is 16.6 Å². The number of piperidine rings is 1. The highest BCUT2D eigenvalue weighted by Crippen LogP contribution is 2.27. The lowest BCUT2D eigenvalue weighted by atomic mass is 10.0. The second kappa shape index (κ2) is 14.5. The smallest absolute Gasteiger partial charge is 0.326 e. The first-order valence-electron chi connectivity index (χ1n) is 13.7. The number of pyridine rings is 1. The molecule has 13 heteroatoms. The molecule has 1 aliphatic heterocycles. The molecule has 0 atom stereocenters. The second-order valence-electron chi connectivity index (χ2n) is 10.3. The number of carbonyl (C=O) groups excluding carboxylic acids is 1. The van der Waals surface area contributed by atoms with Gasteiger partial charge in [-0.15, -0.1) is 12.4 Å².